The molecule has 7 nitrogen and oxygen atoms in total. The van der Waals surface area contributed by atoms with Crippen LogP contribution in [0.25, 0.3) is 0 Å². The van der Waals surface area contributed by atoms with Crippen LogP contribution in [-0.4, -0.2) is 97.7 Å². The SMILES string of the molecule is CN1CCC(CNc2ccc(C(=O)N3CCC(N4CCOCC4)CC3)cn2)C1. The van der Waals surface area contributed by atoms with Crippen LogP contribution in [0.1, 0.15) is 29.6 Å². The average molecular weight is 388 g/mol. The first-order valence-corrected chi connectivity index (χ1v) is 10.7. The summed E-state index contributed by atoms with van der Waals surface area (Å²) < 4.78 is 5.45. The molecule has 4 rings (SSSR count). The van der Waals surface area contributed by atoms with E-state index in [9.17, 15) is 4.79 Å². The van der Waals surface area contributed by atoms with Crippen molar-refractivity contribution in [3.63, 3.8) is 0 Å². The molecule has 3 fully saturated rings. The summed E-state index contributed by atoms with van der Waals surface area (Å²) in [6, 6.07) is 4.44. The minimum atomic E-state index is 0.108. The fourth-order valence-corrected chi connectivity index (χ4v) is 4.63. The van der Waals surface area contributed by atoms with E-state index < -0.39 is 0 Å². The van der Waals surface area contributed by atoms with Crippen molar-refractivity contribution in [3.05, 3.63) is 23.9 Å². The van der Waals surface area contributed by atoms with E-state index in [2.05, 4.69) is 27.1 Å². The summed E-state index contributed by atoms with van der Waals surface area (Å²) in [5.74, 6) is 1.65. The summed E-state index contributed by atoms with van der Waals surface area (Å²) in [5, 5.41) is 3.42. The number of anilines is 1. The van der Waals surface area contributed by atoms with Gasteiger partial charge < -0.3 is 19.9 Å². The molecule has 0 saturated carbocycles. The second-order valence-corrected chi connectivity index (χ2v) is 8.40. The van der Waals surface area contributed by atoms with Crippen molar-refractivity contribution < 1.29 is 9.53 Å². The van der Waals surface area contributed by atoms with Gasteiger partial charge in [-0.05, 0) is 50.9 Å². The highest BCUT2D eigenvalue weighted by atomic mass is 16.5. The quantitative estimate of drug-likeness (QED) is 0.824. The van der Waals surface area contributed by atoms with Crippen LogP contribution in [-0.2, 0) is 4.74 Å². The maximum Gasteiger partial charge on any atom is 0.255 e. The predicted octanol–water partition coefficient (Wildman–Crippen LogP) is 1.38. The largest absolute Gasteiger partial charge is 0.379 e. The number of pyridine rings is 1. The van der Waals surface area contributed by atoms with Crippen LogP contribution < -0.4 is 5.32 Å². The first-order valence-electron chi connectivity index (χ1n) is 10.7. The van der Waals surface area contributed by atoms with E-state index in [0.29, 0.717) is 17.5 Å². The van der Waals surface area contributed by atoms with Gasteiger partial charge >= 0.3 is 0 Å². The fraction of sp³-hybridized carbons (Fsp3) is 0.714. The Morgan fingerprint density at radius 1 is 1.14 bits per heavy atom. The first-order chi connectivity index (χ1) is 13.7. The van der Waals surface area contributed by atoms with E-state index in [4.69, 9.17) is 4.74 Å². The zero-order valence-electron chi connectivity index (χ0n) is 17.0. The second kappa shape index (κ2) is 9.20. The highest BCUT2D eigenvalue weighted by Gasteiger charge is 2.28. The van der Waals surface area contributed by atoms with Gasteiger partial charge in [0.2, 0.25) is 0 Å². The molecule has 3 aliphatic heterocycles. The molecule has 1 aromatic rings. The number of morpholine rings is 1. The van der Waals surface area contributed by atoms with Crippen molar-refractivity contribution >= 4 is 11.7 Å². The van der Waals surface area contributed by atoms with Crippen LogP contribution in [0.4, 0.5) is 5.82 Å². The molecule has 0 radical (unpaired) electrons. The zero-order valence-corrected chi connectivity index (χ0v) is 17.0. The fourth-order valence-electron chi connectivity index (χ4n) is 4.63. The number of hydrogen-bond donors (Lipinski definition) is 1. The Labute approximate surface area is 168 Å². The van der Waals surface area contributed by atoms with Gasteiger partial charge in [0.1, 0.15) is 5.82 Å². The Morgan fingerprint density at radius 3 is 2.57 bits per heavy atom. The first kappa shape index (κ1) is 19.6. The molecule has 1 N–H and O–H groups in total. The number of nitrogens with zero attached hydrogens (tertiary/aromatic N) is 4. The molecular formula is C21H33N5O2. The molecule has 154 valence electrons. The van der Waals surface area contributed by atoms with Gasteiger partial charge in [0.15, 0.2) is 0 Å². The van der Waals surface area contributed by atoms with Crippen molar-refractivity contribution in [2.24, 2.45) is 5.92 Å². The molecule has 0 bridgehead atoms. The van der Waals surface area contributed by atoms with Gasteiger partial charge in [0.05, 0.1) is 18.8 Å². The van der Waals surface area contributed by atoms with E-state index in [1.54, 1.807) is 6.20 Å². The van der Waals surface area contributed by atoms with Crippen LogP contribution >= 0.6 is 0 Å². The van der Waals surface area contributed by atoms with Crippen molar-refractivity contribution in [2.45, 2.75) is 25.3 Å². The van der Waals surface area contributed by atoms with E-state index in [0.717, 1.165) is 71.1 Å². The number of nitrogens with one attached hydrogen (secondary N) is 1. The molecule has 0 spiro atoms. The lowest BCUT2D eigenvalue weighted by Crippen LogP contribution is -2.50. The van der Waals surface area contributed by atoms with Gasteiger partial charge in [-0.1, -0.05) is 0 Å². The molecule has 4 heterocycles. The van der Waals surface area contributed by atoms with Gasteiger partial charge in [-0.2, -0.15) is 0 Å². The number of likely N-dealkylation sites (tertiary alicyclic amines) is 2. The Morgan fingerprint density at radius 2 is 1.93 bits per heavy atom. The van der Waals surface area contributed by atoms with E-state index >= 15 is 0 Å². The number of piperidine rings is 1. The molecule has 3 aliphatic rings. The highest BCUT2D eigenvalue weighted by molar-refractivity contribution is 5.94. The van der Waals surface area contributed by atoms with Crippen molar-refractivity contribution in [1.82, 2.24) is 19.7 Å². The Hall–Kier alpha value is -1.70. The third kappa shape index (κ3) is 4.82. The lowest BCUT2D eigenvalue weighted by molar-refractivity contribution is 0.00158. The van der Waals surface area contributed by atoms with Crippen molar-refractivity contribution in [1.29, 1.82) is 0 Å². The summed E-state index contributed by atoms with van der Waals surface area (Å²) in [6.45, 7) is 8.64. The minimum absolute atomic E-state index is 0.108. The summed E-state index contributed by atoms with van der Waals surface area (Å²) in [4.78, 5) is 24.2. The molecule has 28 heavy (non-hydrogen) atoms. The molecule has 3 saturated heterocycles. The Kier molecular flexibility index (Phi) is 6.44. The third-order valence-electron chi connectivity index (χ3n) is 6.38. The number of rotatable bonds is 5. The third-order valence-corrected chi connectivity index (χ3v) is 6.38. The lowest BCUT2D eigenvalue weighted by Gasteiger charge is -2.40. The normalized spacial score (nSPS) is 25.2. The molecule has 1 amide bonds. The van der Waals surface area contributed by atoms with Crippen LogP contribution in [0.15, 0.2) is 18.3 Å². The van der Waals surface area contributed by atoms with Gasteiger partial charge in [-0.3, -0.25) is 9.69 Å². The van der Waals surface area contributed by atoms with Gasteiger partial charge in [-0.15, -0.1) is 0 Å². The zero-order chi connectivity index (χ0) is 19.3. The van der Waals surface area contributed by atoms with Gasteiger partial charge in [-0.25, -0.2) is 4.98 Å². The number of hydrogen-bond acceptors (Lipinski definition) is 6. The molecular weight excluding hydrogens is 354 g/mol. The average Bonchev–Trinajstić information content (AvgIpc) is 3.18. The Balaban J connectivity index is 1.24. The van der Waals surface area contributed by atoms with Crippen LogP contribution in [0.2, 0.25) is 0 Å². The summed E-state index contributed by atoms with van der Waals surface area (Å²) >= 11 is 0. The number of amides is 1. The molecule has 1 atom stereocenters. The minimum Gasteiger partial charge on any atom is -0.379 e. The number of ether oxygens (including phenoxy) is 1. The maximum absolute atomic E-state index is 12.8. The Bertz CT molecular complexity index is 639. The van der Waals surface area contributed by atoms with Crippen LogP contribution in [0, 0.1) is 5.92 Å². The maximum atomic E-state index is 12.8. The summed E-state index contributed by atoms with van der Waals surface area (Å²) in [5.41, 5.74) is 0.691. The monoisotopic (exact) mass is 387 g/mol. The van der Waals surface area contributed by atoms with E-state index in [1.165, 1.54) is 13.0 Å². The number of aromatic nitrogens is 1. The molecule has 1 unspecified atom stereocenters. The standard InChI is InChI=1S/C21H33N5O2/c1-24-7-4-17(16-24)14-22-20-3-2-18(15-23-20)21(27)26-8-5-19(6-9-26)25-10-12-28-13-11-25/h2-3,15,17,19H,4-14,16H2,1H3,(H,22,23). The van der Waals surface area contributed by atoms with Gasteiger partial charge in [0.25, 0.3) is 5.91 Å². The van der Waals surface area contributed by atoms with Crippen molar-refractivity contribution in [3.8, 4) is 0 Å². The van der Waals surface area contributed by atoms with E-state index in [1.807, 2.05) is 17.0 Å². The highest BCUT2D eigenvalue weighted by Crippen LogP contribution is 2.20. The molecule has 0 aliphatic carbocycles. The molecule has 7 heteroatoms. The number of carbonyl (C=O) groups is 1. The number of carbonyl (C=O) groups excluding carboxylic acids is 1. The lowest BCUT2D eigenvalue weighted by atomic mass is 10.0. The van der Waals surface area contributed by atoms with Crippen LogP contribution in [0.3, 0.4) is 0 Å². The van der Waals surface area contributed by atoms with E-state index in [-0.39, 0.29) is 5.91 Å². The molecule has 1 aromatic heterocycles. The van der Waals surface area contributed by atoms with Crippen molar-refractivity contribution in [2.75, 3.05) is 71.4 Å². The smallest absolute Gasteiger partial charge is 0.255 e. The predicted molar refractivity (Wildman–Crippen MR) is 110 cm³/mol. The summed E-state index contributed by atoms with van der Waals surface area (Å²) in [7, 11) is 2.17. The van der Waals surface area contributed by atoms with Gasteiger partial charge in [0, 0.05) is 51.5 Å². The van der Waals surface area contributed by atoms with Crippen LogP contribution in [0.5, 0.6) is 0 Å². The summed E-state index contributed by atoms with van der Waals surface area (Å²) in [6.07, 6.45) is 5.06. The molecule has 0 aromatic carbocycles. The second-order valence-electron chi connectivity index (χ2n) is 8.40. The topological polar surface area (TPSA) is 60.9 Å².